The lowest BCUT2D eigenvalue weighted by Gasteiger charge is -1.95. The largest absolute Gasteiger partial charge is 0.474 e. The van der Waals surface area contributed by atoms with Crippen molar-refractivity contribution in [3.05, 3.63) is 35.8 Å². The van der Waals surface area contributed by atoms with E-state index >= 15 is 0 Å². The summed E-state index contributed by atoms with van der Waals surface area (Å²) >= 11 is 0. The predicted molar refractivity (Wildman–Crippen MR) is 57.7 cm³/mol. The summed E-state index contributed by atoms with van der Waals surface area (Å²) in [6.45, 7) is 1.32. The van der Waals surface area contributed by atoms with E-state index in [1.165, 1.54) is 12.1 Å². The van der Waals surface area contributed by atoms with E-state index in [1.807, 2.05) is 6.07 Å². The van der Waals surface area contributed by atoms with Crippen molar-refractivity contribution >= 4 is 16.8 Å². The summed E-state index contributed by atoms with van der Waals surface area (Å²) in [6.07, 6.45) is 0. The van der Waals surface area contributed by atoms with E-state index in [1.54, 1.807) is 6.07 Å². The fourth-order valence-electron chi connectivity index (χ4n) is 1.72. The molecule has 2 heterocycles. The Balaban J connectivity index is 0.000000963. The predicted octanol–water partition coefficient (Wildman–Crippen LogP) is 2.33. The maximum Gasteiger partial charge on any atom is 0.233 e. The zero-order chi connectivity index (χ0) is 10.3. The summed E-state index contributed by atoms with van der Waals surface area (Å²) in [5.74, 6) is 0.383. The Labute approximate surface area is 87.1 Å². The van der Waals surface area contributed by atoms with Crippen LogP contribution in [0.15, 0.2) is 29.3 Å². The molecule has 3 rings (SSSR count). The molecule has 15 heavy (non-hydrogen) atoms. The van der Waals surface area contributed by atoms with E-state index < -0.39 is 0 Å². The fraction of sp³-hybridized carbons (Fsp3) is 0.182. The van der Waals surface area contributed by atoms with Gasteiger partial charge in [0.1, 0.15) is 18.1 Å². The van der Waals surface area contributed by atoms with Gasteiger partial charge in [0.15, 0.2) is 0 Å². The molecule has 3 nitrogen and oxygen atoms in total. The number of H-pyrrole nitrogens is 1. The van der Waals surface area contributed by atoms with Gasteiger partial charge in [-0.25, -0.2) is 9.38 Å². The van der Waals surface area contributed by atoms with E-state index in [0.717, 1.165) is 16.6 Å². The first kappa shape index (κ1) is 8.47. The molecule has 0 aliphatic carbocycles. The van der Waals surface area contributed by atoms with Crippen molar-refractivity contribution < 1.29 is 10.6 Å². The second-order valence-electron chi connectivity index (χ2n) is 3.45. The van der Waals surface area contributed by atoms with Crippen molar-refractivity contribution in [2.75, 3.05) is 13.2 Å². The Hall–Kier alpha value is -1.84. The Bertz CT molecular complexity index is 550. The molecule has 1 aromatic heterocycles. The summed E-state index contributed by atoms with van der Waals surface area (Å²) in [4.78, 5) is 7.34. The van der Waals surface area contributed by atoms with Crippen LogP contribution in [0.2, 0.25) is 0 Å². The number of aliphatic imine (C=N–C) groups is 1. The molecule has 0 amide bonds. The molecule has 0 radical (unpaired) electrons. The maximum atomic E-state index is 12.9. The Kier molecular flexibility index (Phi) is 1.74. The van der Waals surface area contributed by atoms with E-state index in [9.17, 15) is 4.39 Å². The lowest BCUT2D eigenvalue weighted by Crippen LogP contribution is -2.00. The van der Waals surface area contributed by atoms with Crippen LogP contribution in [0.3, 0.4) is 0 Å². The smallest absolute Gasteiger partial charge is 0.233 e. The van der Waals surface area contributed by atoms with E-state index in [4.69, 9.17) is 4.74 Å². The van der Waals surface area contributed by atoms with Gasteiger partial charge in [-0.3, -0.25) is 0 Å². The monoisotopic (exact) mass is 206 g/mol. The van der Waals surface area contributed by atoms with Crippen molar-refractivity contribution in [2.45, 2.75) is 0 Å². The van der Waals surface area contributed by atoms with Gasteiger partial charge in [0.2, 0.25) is 5.90 Å². The molecule has 1 aliphatic heterocycles. The van der Waals surface area contributed by atoms with Crippen LogP contribution in [0.4, 0.5) is 4.39 Å². The Morgan fingerprint density at radius 3 is 3.13 bits per heavy atom. The molecule has 0 bridgehead atoms. The van der Waals surface area contributed by atoms with Crippen LogP contribution in [0.5, 0.6) is 0 Å². The third kappa shape index (κ3) is 1.38. The highest BCUT2D eigenvalue weighted by atomic mass is 19.1. The van der Waals surface area contributed by atoms with E-state index in [2.05, 4.69) is 9.98 Å². The van der Waals surface area contributed by atoms with Gasteiger partial charge >= 0.3 is 0 Å². The lowest BCUT2D eigenvalue weighted by molar-refractivity contribution is 0.347. The van der Waals surface area contributed by atoms with Crippen LogP contribution in [-0.2, 0) is 4.74 Å². The minimum Gasteiger partial charge on any atom is -0.474 e. The summed E-state index contributed by atoms with van der Waals surface area (Å²) in [5, 5.41) is 0.836. The third-order valence-corrected chi connectivity index (χ3v) is 2.40. The normalized spacial score (nSPS) is 15.4. The van der Waals surface area contributed by atoms with Crippen molar-refractivity contribution in [1.29, 1.82) is 0 Å². The number of aromatic amines is 1. The van der Waals surface area contributed by atoms with Crippen LogP contribution >= 0.6 is 0 Å². The van der Waals surface area contributed by atoms with E-state index in [-0.39, 0.29) is 7.24 Å². The lowest BCUT2D eigenvalue weighted by atomic mass is 10.2. The Morgan fingerprint density at radius 1 is 1.40 bits per heavy atom. The zero-order valence-electron chi connectivity index (χ0n) is 7.96. The van der Waals surface area contributed by atoms with Crippen LogP contribution in [-0.4, -0.2) is 24.0 Å². The van der Waals surface area contributed by atoms with Gasteiger partial charge in [0, 0.05) is 12.3 Å². The first-order valence-corrected chi connectivity index (χ1v) is 4.79. The Morgan fingerprint density at radius 2 is 2.33 bits per heavy atom. The number of nitrogens with zero attached hydrogens (tertiary/aromatic N) is 1. The third-order valence-electron chi connectivity index (χ3n) is 2.40. The second-order valence-corrected chi connectivity index (χ2v) is 3.45. The molecule has 0 saturated heterocycles. The summed E-state index contributed by atoms with van der Waals surface area (Å²) in [7, 11) is 0. The summed E-state index contributed by atoms with van der Waals surface area (Å²) < 4.78 is 18.3. The van der Waals surface area contributed by atoms with Crippen molar-refractivity contribution in [3.63, 3.8) is 0 Å². The van der Waals surface area contributed by atoms with Crippen molar-refractivity contribution in [3.8, 4) is 0 Å². The molecule has 0 fully saturated rings. The van der Waals surface area contributed by atoms with Gasteiger partial charge in [-0.2, -0.15) is 0 Å². The highest BCUT2D eigenvalue weighted by molar-refractivity contribution is 5.98. The molecule has 0 unspecified atom stereocenters. The molecule has 4 heteroatoms. The summed E-state index contributed by atoms with van der Waals surface area (Å²) in [6, 6.07) is 6.48. The molecule has 0 atom stereocenters. The minimum absolute atomic E-state index is 0. The van der Waals surface area contributed by atoms with Gasteiger partial charge in [0.05, 0.1) is 6.54 Å². The topological polar surface area (TPSA) is 37.4 Å². The van der Waals surface area contributed by atoms with Crippen molar-refractivity contribution in [2.24, 2.45) is 4.99 Å². The highest BCUT2D eigenvalue weighted by Gasteiger charge is 2.12. The minimum atomic E-state index is -0.234. The molecule has 2 aromatic rings. The fourth-order valence-corrected chi connectivity index (χ4v) is 1.72. The number of halogens is 1. The SMILES string of the molecule is Fc1ccc2[nH]c(C3=NCCO3)cc2c1.[HH]. The molecule has 0 saturated carbocycles. The molecular formula is C11H11FN2O. The second kappa shape index (κ2) is 3.08. The first-order valence-electron chi connectivity index (χ1n) is 4.79. The first-order chi connectivity index (χ1) is 7.33. The molecule has 78 valence electrons. The van der Waals surface area contributed by atoms with Crippen LogP contribution in [0.1, 0.15) is 7.12 Å². The van der Waals surface area contributed by atoms with Crippen LogP contribution < -0.4 is 0 Å². The molecule has 0 spiro atoms. The van der Waals surface area contributed by atoms with Gasteiger partial charge in [0.25, 0.3) is 0 Å². The maximum absolute atomic E-state index is 12.9. The standard InChI is InChI=1S/C11H9FN2O.H2/c12-8-1-2-9-7(5-8)6-10(14-9)11-13-3-4-15-11;/h1-2,5-6,14H,3-4H2;1H. The molecule has 1 aromatic carbocycles. The number of nitrogens with one attached hydrogen (secondary N) is 1. The number of aromatic nitrogens is 1. The van der Waals surface area contributed by atoms with Crippen molar-refractivity contribution in [1.82, 2.24) is 4.98 Å². The number of fused-ring (bicyclic) bond motifs is 1. The average Bonchev–Trinajstić information content (AvgIpc) is 2.84. The van der Waals surface area contributed by atoms with Gasteiger partial charge in [-0.15, -0.1) is 0 Å². The zero-order valence-corrected chi connectivity index (χ0v) is 7.96. The number of benzene rings is 1. The average molecular weight is 206 g/mol. The van der Waals surface area contributed by atoms with Crippen LogP contribution in [0.25, 0.3) is 10.9 Å². The van der Waals surface area contributed by atoms with Gasteiger partial charge < -0.3 is 9.72 Å². The molecular weight excluding hydrogens is 195 g/mol. The van der Waals surface area contributed by atoms with E-state index in [0.29, 0.717) is 19.0 Å². The number of hydrogen-bond acceptors (Lipinski definition) is 2. The van der Waals surface area contributed by atoms with Gasteiger partial charge in [-0.1, -0.05) is 0 Å². The molecule has 1 N–H and O–H groups in total. The highest BCUT2D eigenvalue weighted by Crippen LogP contribution is 2.18. The van der Waals surface area contributed by atoms with Gasteiger partial charge in [-0.05, 0) is 24.3 Å². The number of ether oxygens (including phenoxy) is 1. The number of rotatable bonds is 1. The summed E-state index contributed by atoms with van der Waals surface area (Å²) in [5.41, 5.74) is 1.71. The quantitative estimate of drug-likeness (QED) is 0.763. The number of hydrogen-bond donors (Lipinski definition) is 1. The van der Waals surface area contributed by atoms with Crippen LogP contribution in [0, 0.1) is 5.82 Å². The molecule has 1 aliphatic rings.